The second kappa shape index (κ2) is 6.75. The first-order valence-corrected chi connectivity index (χ1v) is 7.94. The van der Waals surface area contributed by atoms with Gasteiger partial charge in [0, 0.05) is 9.50 Å². The molecule has 0 fully saturated rings. The maximum atomic E-state index is 6.32. The highest BCUT2D eigenvalue weighted by atomic mass is 79.9. The van der Waals surface area contributed by atoms with Gasteiger partial charge in [-0.15, -0.1) is 0 Å². The van der Waals surface area contributed by atoms with Crippen molar-refractivity contribution in [2.45, 2.75) is 26.3 Å². The lowest BCUT2D eigenvalue weighted by atomic mass is 9.96. The molecule has 0 aliphatic heterocycles. The number of benzene rings is 2. The molecule has 0 spiro atoms. The maximum absolute atomic E-state index is 6.32. The minimum absolute atomic E-state index is 0.191. The summed E-state index contributed by atoms with van der Waals surface area (Å²) in [6.07, 6.45) is 1.09. The summed E-state index contributed by atoms with van der Waals surface area (Å²) in [5.74, 6) is 0.662. The molecule has 1 unspecified atom stereocenters. The second-order valence-electron chi connectivity index (χ2n) is 5.48. The number of hydrogen-bond donors (Lipinski definition) is 1. The number of nitrogens with two attached hydrogens (primary N) is 1. The molecular weight excluding hydrogens is 334 g/mol. The zero-order valence-electron chi connectivity index (χ0n) is 11.7. The molecule has 20 heavy (non-hydrogen) atoms. The second-order valence-corrected chi connectivity index (χ2v) is 6.81. The molecule has 0 aliphatic rings. The fourth-order valence-electron chi connectivity index (χ4n) is 2.27. The molecule has 106 valence electrons. The van der Waals surface area contributed by atoms with Crippen molar-refractivity contribution in [3.63, 3.8) is 0 Å². The summed E-state index contributed by atoms with van der Waals surface area (Å²) in [4.78, 5) is 0. The first-order valence-electron chi connectivity index (χ1n) is 6.76. The van der Waals surface area contributed by atoms with Gasteiger partial charge in [0.25, 0.3) is 0 Å². The van der Waals surface area contributed by atoms with Crippen molar-refractivity contribution in [1.82, 2.24) is 0 Å². The molecule has 0 saturated heterocycles. The Hall–Kier alpha value is -0.830. The maximum Gasteiger partial charge on any atom is 0.0566 e. The molecule has 0 aromatic heterocycles. The van der Waals surface area contributed by atoms with E-state index < -0.39 is 0 Å². The summed E-state index contributed by atoms with van der Waals surface area (Å²) in [6.45, 7) is 4.45. The quantitative estimate of drug-likeness (QED) is 0.788. The third kappa shape index (κ3) is 3.85. The Bertz CT molecular complexity index is 578. The standard InChI is InChI=1S/C17H19BrClN/c1-11(2)9-12-3-5-13(6-4-12)17(20)15-8-7-14(18)10-16(15)19/h3-8,10-11,17H,9,20H2,1-2H3. The van der Waals surface area contributed by atoms with E-state index in [0.717, 1.165) is 22.0 Å². The van der Waals surface area contributed by atoms with Gasteiger partial charge in [0.15, 0.2) is 0 Å². The molecule has 2 aromatic carbocycles. The average Bonchev–Trinajstić information content (AvgIpc) is 2.38. The Kier molecular flexibility index (Phi) is 5.25. The molecule has 0 aliphatic carbocycles. The van der Waals surface area contributed by atoms with Crippen molar-refractivity contribution in [3.05, 3.63) is 68.7 Å². The van der Waals surface area contributed by atoms with Gasteiger partial charge in [-0.05, 0) is 41.2 Å². The molecular formula is C17H19BrClN. The van der Waals surface area contributed by atoms with Crippen LogP contribution in [-0.2, 0) is 6.42 Å². The van der Waals surface area contributed by atoms with Crippen LogP contribution in [0.4, 0.5) is 0 Å². The van der Waals surface area contributed by atoms with Crippen LogP contribution in [0.3, 0.4) is 0 Å². The number of hydrogen-bond acceptors (Lipinski definition) is 1. The van der Waals surface area contributed by atoms with Crippen LogP contribution in [0, 0.1) is 5.92 Å². The zero-order valence-corrected chi connectivity index (χ0v) is 14.1. The monoisotopic (exact) mass is 351 g/mol. The normalized spacial score (nSPS) is 12.7. The van der Waals surface area contributed by atoms with Gasteiger partial charge >= 0.3 is 0 Å². The van der Waals surface area contributed by atoms with E-state index in [2.05, 4.69) is 54.0 Å². The first kappa shape index (κ1) is 15.6. The molecule has 0 saturated carbocycles. The van der Waals surface area contributed by atoms with Gasteiger partial charge in [0.1, 0.15) is 0 Å². The Labute approximate surface area is 134 Å². The van der Waals surface area contributed by atoms with E-state index in [1.165, 1.54) is 5.56 Å². The highest BCUT2D eigenvalue weighted by Crippen LogP contribution is 2.29. The lowest BCUT2D eigenvalue weighted by Crippen LogP contribution is -2.12. The summed E-state index contributed by atoms with van der Waals surface area (Å²) >= 11 is 9.67. The molecule has 2 aromatic rings. The van der Waals surface area contributed by atoms with Crippen LogP contribution in [0.5, 0.6) is 0 Å². The molecule has 2 rings (SSSR count). The predicted molar refractivity (Wildman–Crippen MR) is 90.2 cm³/mol. The largest absolute Gasteiger partial charge is 0.320 e. The van der Waals surface area contributed by atoms with Crippen LogP contribution >= 0.6 is 27.5 Å². The average molecular weight is 353 g/mol. The Morgan fingerprint density at radius 2 is 1.75 bits per heavy atom. The van der Waals surface area contributed by atoms with E-state index in [0.29, 0.717) is 10.9 Å². The van der Waals surface area contributed by atoms with Crippen LogP contribution < -0.4 is 5.73 Å². The Morgan fingerprint density at radius 3 is 2.30 bits per heavy atom. The van der Waals surface area contributed by atoms with Crippen LogP contribution in [-0.4, -0.2) is 0 Å². The van der Waals surface area contributed by atoms with Crippen molar-refractivity contribution in [1.29, 1.82) is 0 Å². The zero-order chi connectivity index (χ0) is 14.7. The fourth-order valence-corrected chi connectivity index (χ4v) is 3.06. The van der Waals surface area contributed by atoms with Crippen LogP contribution in [0.1, 0.15) is 36.6 Å². The predicted octanol–water partition coefficient (Wildman–Crippen LogP) is 5.35. The number of rotatable bonds is 4. The molecule has 2 N–H and O–H groups in total. The number of halogens is 2. The lowest BCUT2D eigenvalue weighted by Gasteiger charge is -2.15. The van der Waals surface area contributed by atoms with E-state index in [1.54, 1.807) is 0 Å². The van der Waals surface area contributed by atoms with Gasteiger partial charge in [0.2, 0.25) is 0 Å². The third-order valence-corrected chi connectivity index (χ3v) is 4.10. The van der Waals surface area contributed by atoms with Gasteiger partial charge in [-0.3, -0.25) is 0 Å². The molecule has 1 nitrogen and oxygen atoms in total. The minimum Gasteiger partial charge on any atom is -0.320 e. The van der Waals surface area contributed by atoms with Crippen LogP contribution in [0.15, 0.2) is 46.9 Å². The molecule has 1 atom stereocenters. The van der Waals surface area contributed by atoms with Gasteiger partial charge < -0.3 is 5.73 Å². The van der Waals surface area contributed by atoms with Crippen LogP contribution in [0.25, 0.3) is 0 Å². The first-order chi connectivity index (χ1) is 9.47. The van der Waals surface area contributed by atoms with Crippen LogP contribution in [0.2, 0.25) is 5.02 Å². The molecule has 3 heteroatoms. The highest BCUT2D eigenvalue weighted by molar-refractivity contribution is 9.10. The molecule has 0 bridgehead atoms. The van der Waals surface area contributed by atoms with Crippen molar-refractivity contribution in [3.8, 4) is 0 Å². The van der Waals surface area contributed by atoms with Gasteiger partial charge in [0.05, 0.1) is 6.04 Å². The fraction of sp³-hybridized carbons (Fsp3) is 0.294. The highest BCUT2D eigenvalue weighted by Gasteiger charge is 2.12. The van der Waals surface area contributed by atoms with E-state index in [4.69, 9.17) is 17.3 Å². The Morgan fingerprint density at radius 1 is 1.10 bits per heavy atom. The van der Waals surface area contributed by atoms with Gasteiger partial charge in [-0.25, -0.2) is 0 Å². The van der Waals surface area contributed by atoms with Crippen molar-refractivity contribution in [2.75, 3.05) is 0 Å². The van der Waals surface area contributed by atoms with E-state index >= 15 is 0 Å². The Balaban J connectivity index is 2.22. The van der Waals surface area contributed by atoms with E-state index in [9.17, 15) is 0 Å². The van der Waals surface area contributed by atoms with Gasteiger partial charge in [-0.1, -0.05) is 71.7 Å². The summed E-state index contributed by atoms with van der Waals surface area (Å²) in [5.41, 5.74) is 9.70. The minimum atomic E-state index is -0.191. The smallest absolute Gasteiger partial charge is 0.0566 e. The molecule has 0 radical (unpaired) electrons. The van der Waals surface area contributed by atoms with Crippen molar-refractivity contribution in [2.24, 2.45) is 11.7 Å². The SMILES string of the molecule is CC(C)Cc1ccc(C(N)c2ccc(Br)cc2Cl)cc1. The lowest BCUT2D eigenvalue weighted by molar-refractivity contribution is 0.647. The third-order valence-electron chi connectivity index (χ3n) is 3.28. The molecule has 0 amide bonds. The molecule has 0 heterocycles. The van der Waals surface area contributed by atoms with E-state index in [1.807, 2.05) is 18.2 Å². The summed E-state index contributed by atoms with van der Waals surface area (Å²) in [5, 5.41) is 0.693. The summed E-state index contributed by atoms with van der Waals surface area (Å²) in [7, 11) is 0. The van der Waals surface area contributed by atoms with Crippen molar-refractivity contribution < 1.29 is 0 Å². The van der Waals surface area contributed by atoms with E-state index in [-0.39, 0.29) is 6.04 Å². The van der Waals surface area contributed by atoms with Gasteiger partial charge in [-0.2, -0.15) is 0 Å². The summed E-state index contributed by atoms with van der Waals surface area (Å²) in [6, 6.07) is 14.1. The van der Waals surface area contributed by atoms with Crippen molar-refractivity contribution >= 4 is 27.5 Å². The topological polar surface area (TPSA) is 26.0 Å². The summed E-state index contributed by atoms with van der Waals surface area (Å²) < 4.78 is 0.964.